The number of hydrogen-bond acceptors (Lipinski definition) is 3. The van der Waals surface area contributed by atoms with Crippen molar-refractivity contribution in [2.75, 3.05) is 26.2 Å². The lowest BCUT2D eigenvalue weighted by atomic mass is 9.97. The molecule has 1 aliphatic rings. The van der Waals surface area contributed by atoms with Crippen molar-refractivity contribution < 1.29 is 4.74 Å². The van der Waals surface area contributed by atoms with Gasteiger partial charge in [-0.1, -0.05) is 12.1 Å². The van der Waals surface area contributed by atoms with Gasteiger partial charge in [-0.25, -0.2) is 0 Å². The topological polar surface area (TPSA) is 38.5 Å². The van der Waals surface area contributed by atoms with E-state index in [1.807, 2.05) is 6.92 Å². The zero-order valence-corrected chi connectivity index (χ0v) is 11.3. The molecule has 0 bridgehead atoms. The number of rotatable bonds is 5. The number of nitrogens with zero attached hydrogens (tertiary/aromatic N) is 1. The average molecular weight is 248 g/mol. The molecule has 1 saturated heterocycles. The summed E-state index contributed by atoms with van der Waals surface area (Å²) in [4.78, 5) is 2.52. The Morgan fingerprint density at radius 3 is 2.44 bits per heavy atom. The van der Waals surface area contributed by atoms with Crippen LogP contribution in [-0.4, -0.2) is 31.1 Å². The van der Waals surface area contributed by atoms with Crippen molar-refractivity contribution in [2.24, 2.45) is 11.7 Å². The number of likely N-dealkylation sites (tertiary alicyclic amines) is 1. The van der Waals surface area contributed by atoms with Gasteiger partial charge in [0.2, 0.25) is 0 Å². The van der Waals surface area contributed by atoms with Crippen LogP contribution in [0.5, 0.6) is 5.75 Å². The van der Waals surface area contributed by atoms with Gasteiger partial charge in [0.1, 0.15) is 5.75 Å². The van der Waals surface area contributed by atoms with Gasteiger partial charge >= 0.3 is 0 Å². The van der Waals surface area contributed by atoms with Crippen molar-refractivity contribution in [2.45, 2.75) is 26.3 Å². The molecule has 1 aromatic rings. The van der Waals surface area contributed by atoms with Crippen molar-refractivity contribution in [3.8, 4) is 5.75 Å². The highest BCUT2D eigenvalue weighted by atomic mass is 16.5. The standard InChI is InChI=1S/C15H24N2O/c1-2-18-15-5-3-14(4-6-15)12-17-9-7-13(11-16)8-10-17/h3-6,13H,2,7-12,16H2,1H3. The van der Waals surface area contributed by atoms with Crippen LogP contribution < -0.4 is 10.5 Å². The highest BCUT2D eigenvalue weighted by molar-refractivity contribution is 5.27. The van der Waals surface area contributed by atoms with E-state index in [-0.39, 0.29) is 0 Å². The van der Waals surface area contributed by atoms with Crippen LogP contribution in [-0.2, 0) is 6.54 Å². The van der Waals surface area contributed by atoms with E-state index in [0.29, 0.717) is 0 Å². The Balaban J connectivity index is 1.82. The van der Waals surface area contributed by atoms with Crippen LogP contribution in [0.4, 0.5) is 0 Å². The summed E-state index contributed by atoms with van der Waals surface area (Å²) >= 11 is 0. The van der Waals surface area contributed by atoms with Gasteiger partial charge in [0, 0.05) is 6.54 Å². The molecule has 3 nitrogen and oxygen atoms in total. The van der Waals surface area contributed by atoms with E-state index in [4.69, 9.17) is 10.5 Å². The van der Waals surface area contributed by atoms with E-state index >= 15 is 0 Å². The number of hydrogen-bond donors (Lipinski definition) is 1. The van der Waals surface area contributed by atoms with E-state index < -0.39 is 0 Å². The molecule has 0 atom stereocenters. The van der Waals surface area contributed by atoms with Crippen LogP contribution in [0.2, 0.25) is 0 Å². The minimum Gasteiger partial charge on any atom is -0.494 e. The fourth-order valence-corrected chi connectivity index (χ4v) is 2.50. The summed E-state index contributed by atoms with van der Waals surface area (Å²) in [6.45, 7) is 6.98. The quantitative estimate of drug-likeness (QED) is 0.868. The van der Waals surface area contributed by atoms with Crippen LogP contribution in [0.1, 0.15) is 25.3 Å². The molecule has 0 spiro atoms. The van der Waals surface area contributed by atoms with Gasteiger partial charge in [-0.2, -0.15) is 0 Å². The lowest BCUT2D eigenvalue weighted by molar-refractivity contribution is 0.180. The first-order valence-corrected chi connectivity index (χ1v) is 6.96. The van der Waals surface area contributed by atoms with Crippen LogP contribution in [0.3, 0.4) is 0 Å². The first-order valence-electron chi connectivity index (χ1n) is 6.96. The third-order valence-electron chi connectivity index (χ3n) is 3.68. The van der Waals surface area contributed by atoms with E-state index in [1.54, 1.807) is 0 Å². The Bertz CT molecular complexity index is 342. The lowest BCUT2D eigenvalue weighted by Crippen LogP contribution is -2.35. The molecule has 1 aliphatic heterocycles. The average Bonchev–Trinajstić information content (AvgIpc) is 2.42. The molecule has 0 aliphatic carbocycles. The molecule has 0 aromatic heterocycles. The summed E-state index contributed by atoms with van der Waals surface area (Å²) in [5.41, 5.74) is 7.08. The largest absolute Gasteiger partial charge is 0.494 e. The predicted molar refractivity (Wildman–Crippen MR) is 74.7 cm³/mol. The van der Waals surface area contributed by atoms with Crippen molar-refractivity contribution >= 4 is 0 Å². The van der Waals surface area contributed by atoms with Crippen LogP contribution in [0.15, 0.2) is 24.3 Å². The number of nitrogens with two attached hydrogens (primary N) is 1. The molecule has 0 unspecified atom stereocenters. The molecule has 1 aromatic carbocycles. The van der Waals surface area contributed by atoms with Gasteiger partial charge in [0.15, 0.2) is 0 Å². The number of benzene rings is 1. The number of ether oxygens (including phenoxy) is 1. The number of piperidine rings is 1. The van der Waals surface area contributed by atoms with Gasteiger partial charge in [-0.05, 0) is 63.0 Å². The molecular weight excluding hydrogens is 224 g/mol. The minimum absolute atomic E-state index is 0.728. The molecule has 3 heteroatoms. The monoisotopic (exact) mass is 248 g/mol. The van der Waals surface area contributed by atoms with E-state index in [1.165, 1.54) is 31.5 Å². The summed E-state index contributed by atoms with van der Waals surface area (Å²) in [6.07, 6.45) is 2.49. The first kappa shape index (κ1) is 13.4. The van der Waals surface area contributed by atoms with Gasteiger partial charge in [0.05, 0.1) is 6.61 Å². The molecule has 18 heavy (non-hydrogen) atoms. The maximum Gasteiger partial charge on any atom is 0.119 e. The highest BCUT2D eigenvalue weighted by Gasteiger charge is 2.17. The second kappa shape index (κ2) is 6.76. The maximum absolute atomic E-state index is 5.71. The molecule has 100 valence electrons. The fourth-order valence-electron chi connectivity index (χ4n) is 2.50. The molecule has 0 radical (unpaired) electrons. The second-order valence-corrected chi connectivity index (χ2v) is 5.03. The van der Waals surface area contributed by atoms with Crippen molar-refractivity contribution in [1.82, 2.24) is 4.90 Å². The Hall–Kier alpha value is -1.06. The molecular formula is C15H24N2O. The van der Waals surface area contributed by atoms with E-state index in [2.05, 4.69) is 29.2 Å². The molecule has 1 heterocycles. The lowest BCUT2D eigenvalue weighted by Gasteiger charge is -2.31. The Labute approximate surface area is 110 Å². The SMILES string of the molecule is CCOc1ccc(CN2CCC(CN)CC2)cc1. The smallest absolute Gasteiger partial charge is 0.119 e. The normalized spacial score (nSPS) is 17.9. The zero-order chi connectivity index (χ0) is 12.8. The first-order chi connectivity index (χ1) is 8.81. The molecule has 0 amide bonds. The zero-order valence-electron chi connectivity index (χ0n) is 11.3. The van der Waals surface area contributed by atoms with Crippen LogP contribution in [0.25, 0.3) is 0 Å². The third kappa shape index (κ3) is 3.72. The molecule has 1 fully saturated rings. The second-order valence-electron chi connectivity index (χ2n) is 5.03. The van der Waals surface area contributed by atoms with Crippen molar-refractivity contribution in [3.05, 3.63) is 29.8 Å². The van der Waals surface area contributed by atoms with Crippen molar-refractivity contribution in [1.29, 1.82) is 0 Å². The minimum atomic E-state index is 0.728. The third-order valence-corrected chi connectivity index (χ3v) is 3.68. The predicted octanol–water partition coefficient (Wildman–Crippen LogP) is 2.26. The van der Waals surface area contributed by atoms with Gasteiger partial charge in [0.25, 0.3) is 0 Å². The maximum atomic E-state index is 5.71. The molecule has 2 N–H and O–H groups in total. The van der Waals surface area contributed by atoms with E-state index in [9.17, 15) is 0 Å². The Morgan fingerprint density at radius 2 is 1.89 bits per heavy atom. The molecule has 2 rings (SSSR count). The summed E-state index contributed by atoms with van der Waals surface area (Å²) in [7, 11) is 0. The van der Waals surface area contributed by atoms with Crippen LogP contribution >= 0.6 is 0 Å². The van der Waals surface area contributed by atoms with Crippen molar-refractivity contribution in [3.63, 3.8) is 0 Å². The Kier molecular flexibility index (Phi) is 5.02. The van der Waals surface area contributed by atoms with E-state index in [0.717, 1.165) is 31.4 Å². The van der Waals surface area contributed by atoms with Crippen LogP contribution in [0, 0.1) is 5.92 Å². The summed E-state index contributed by atoms with van der Waals surface area (Å²) in [6, 6.07) is 8.46. The summed E-state index contributed by atoms with van der Waals surface area (Å²) < 4.78 is 5.45. The van der Waals surface area contributed by atoms with Gasteiger partial charge in [-0.3, -0.25) is 4.90 Å². The van der Waals surface area contributed by atoms with Gasteiger partial charge < -0.3 is 10.5 Å². The highest BCUT2D eigenvalue weighted by Crippen LogP contribution is 2.19. The van der Waals surface area contributed by atoms with Gasteiger partial charge in [-0.15, -0.1) is 0 Å². The summed E-state index contributed by atoms with van der Waals surface area (Å²) in [5, 5.41) is 0. The molecule has 0 saturated carbocycles. The fraction of sp³-hybridized carbons (Fsp3) is 0.600. The Morgan fingerprint density at radius 1 is 1.22 bits per heavy atom. The summed E-state index contributed by atoms with van der Waals surface area (Å²) in [5.74, 6) is 1.70.